The van der Waals surface area contributed by atoms with E-state index in [1.807, 2.05) is 30.3 Å². The summed E-state index contributed by atoms with van der Waals surface area (Å²) in [6.07, 6.45) is 1.09. The molecular formula is C17H18O2. The lowest BCUT2D eigenvalue weighted by atomic mass is 9.95. The Labute approximate surface area is 114 Å². The second-order valence-corrected chi connectivity index (χ2v) is 5.01. The van der Waals surface area contributed by atoms with Gasteiger partial charge in [-0.2, -0.15) is 0 Å². The Bertz CT molecular complexity index is 548. The van der Waals surface area contributed by atoms with Gasteiger partial charge in [-0.15, -0.1) is 0 Å². The van der Waals surface area contributed by atoms with Crippen LogP contribution in [0.5, 0.6) is 11.5 Å². The molecular weight excluding hydrogens is 236 g/mol. The minimum atomic E-state index is 0.576. The van der Waals surface area contributed by atoms with Gasteiger partial charge in [0, 0.05) is 6.07 Å². The molecule has 3 rings (SSSR count). The van der Waals surface area contributed by atoms with Crippen LogP contribution in [0.2, 0.25) is 0 Å². The topological polar surface area (TPSA) is 18.5 Å². The molecule has 2 aromatic rings. The maximum atomic E-state index is 5.81. The van der Waals surface area contributed by atoms with Crippen LogP contribution in [0.15, 0.2) is 48.5 Å². The zero-order valence-corrected chi connectivity index (χ0v) is 11.1. The van der Waals surface area contributed by atoms with Gasteiger partial charge in [-0.3, -0.25) is 0 Å². The number of benzene rings is 2. The van der Waals surface area contributed by atoms with Crippen molar-refractivity contribution in [2.75, 3.05) is 6.61 Å². The number of fused-ring (bicyclic) bond motifs is 1. The molecule has 0 unspecified atom stereocenters. The van der Waals surface area contributed by atoms with E-state index >= 15 is 0 Å². The molecule has 0 N–H and O–H groups in total. The van der Waals surface area contributed by atoms with Gasteiger partial charge >= 0.3 is 0 Å². The molecule has 0 spiro atoms. The summed E-state index contributed by atoms with van der Waals surface area (Å²) in [7, 11) is 0. The Morgan fingerprint density at radius 3 is 2.84 bits per heavy atom. The molecule has 2 heteroatoms. The molecule has 2 aromatic carbocycles. The van der Waals surface area contributed by atoms with E-state index in [0.717, 1.165) is 24.5 Å². The lowest BCUT2D eigenvalue weighted by Crippen LogP contribution is -2.11. The Balaban J connectivity index is 1.72. The molecule has 0 amide bonds. The normalized spacial score (nSPS) is 17.4. The van der Waals surface area contributed by atoms with E-state index in [-0.39, 0.29) is 0 Å². The molecule has 1 aliphatic heterocycles. The van der Waals surface area contributed by atoms with Crippen molar-refractivity contribution in [1.82, 2.24) is 0 Å². The first-order chi connectivity index (χ1) is 9.33. The van der Waals surface area contributed by atoms with Gasteiger partial charge < -0.3 is 9.47 Å². The van der Waals surface area contributed by atoms with E-state index in [0.29, 0.717) is 12.5 Å². The van der Waals surface area contributed by atoms with Crippen LogP contribution in [0.1, 0.15) is 30.4 Å². The fourth-order valence-corrected chi connectivity index (χ4v) is 2.38. The highest BCUT2D eigenvalue weighted by Crippen LogP contribution is 2.35. The third-order valence-electron chi connectivity index (χ3n) is 3.57. The molecule has 0 bridgehead atoms. The Hall–Kier alpha value is -1.96. The Morgan fingerprint density at radius 2 is 2.00 bits per heavy atom. The Morgan fingerprint density at radius 1 is 1.16 bits per heavy atom. The summed E-state index contributed by atoms with van der Waals surface area (Å²) in [5, 5.41) is 0. The maximum Gasteiger partial charge on any atom is 0.126 e. The molecule has 0 aromatic heterocycles. The predicted molar refractivity (Wildman–Crippen MR) is 75.7 cm³/mol. The molecule has 1 atom stereocenters. The van der Waals surface area contributed by atoms with Crippen LogP contribution in [0.3, 0.4) is 0 Å². The highest BCUT2D eigenvalue weighted by atomic mass is 16.5. The van der Waals surface area contributed by atoms with Gasteiger partial charge in [-0.25, -0.2) is 0 Å². The fourth-order valence-electron chi connectivity index (χ4n) is 2.38. The largest absolute Gasteiger partial charge is 0.493 e. The van der Waals surface area contributed by atoms with E-state index in [9.17, 15) is 0 Å². The predicted octanol–water partition coefficient (Wildman–Crippen LogP) is 4.15. The summed E-state index contributed by atoms with van der Waals surface area (Å²) in [5.74, 6) is 2.42. The van der Waals surface area contributed by atoms with Gasteiger partial charge in [0.25, 0.3) is 0 Å². The summed E-state index contributed by atoms with van der Waals surface area (Å²) in [4.78, 5) is 0. The van der Waals surface area contributed by atoms with Gasteiger partial charge in [0.05, 0.1) is 6.61 Å². The SMILES string of the molecule is C[C@@H]1CCOc2cc(OCc3ccccc3)ccc21. The van der Waals surface area contributed by atoms with Gasteiger partial charge in [0.1, 0.15) is 18.1 Å². The van der Waals surface area contributed by atoms with Crippen molar-refractivity contribution in [1.29, 1.82) is 0 Å². The molecule has 1 heterocycles. The van der Waals surface area contributed by atoms with E-state index in [1.54, 1.807) is 0 Å². The number of hydrogen-bond acceptors (Lipinski definition) is 2. The van der Waals surface area contributed by atoms with Crippen LogP contribution < -0.4 is 9.47 Å². The average Bonchev–Trinajstić information content (AvgIpc) is 2.46. The van der Waals surface area contributed by atoms with Crippen LogP contribution in [-0.4, -0.2) is 6.61 Å². The maximum absolute atomic E-state index is 5.81. The molecule has 0 fully saturated rings. The van der Waals surface area contributed by atoms with Crippen molar-refractivity contribution in [3.63, 3.8) is 0 Å². The van der Waals surface area contributed by atoms with Crippen LogP contribution in [0.4, 0.5) is 0 Å². The summed E-state index contributed by atoms with van der Waals surface area (Å²) < 4.78 is 11.5. The van der Waals surface area contributed by atoms with Crippen molar-refractivity contribution >= 4 is 0 Å². The van der Waals surface area contributed by atoms with Gasteiger partial charge in [-0.05, 0) is 29.5 Å². The molecule has 0 saturated heterocycles. The zero-order chi connectivity index (χ0) is 13.1. The lowest BCUT2D eigenvalue weighted by Gasteiger charge is -2.23. The van der Waals surface area contributed by atoms with Gasteiger partial charge in [-0.1, -0.05) is 43.3 Å². The van der Waals surface area contributed by atoms with Crippen molar-refractivity contribution in [2.45, 2.75) is 25.9 Å². The monoisotopic (exact) mass is 254 g/mol. The van der Waals surface area contributed by atoms with Crippen molar-refractivity contribution in [2.24, 2.45) is 0 Å². The molecule has 0 saturated carbocycles. The van der Waals surface area contributed by atoms with Crippen molar-refractivity contribution in [3.05, 3.63) is 59.7 Å². The standard InChI is InChI=1S/C17H18O2/c1-13-9-10-18-17-11-15(7-8-16(13)17)19-12-14-5-3-2-4-6-14/h2-8,11,13H,9-10,12H2,1H3/t13-/m1/s1. The smallest absolute Gasteiger partial charge is 0.126 e. The molecule has 0 radical (unpaired) electrons. The second-order valence-electron chi connectivity index (χ2n) is 5.01. The molecule has 0 aliphatic carbocycles. The second kappa shape index (κ2) is 5.35. The zero-order valence-electron chi connectivity index (χ0n) is 11.1. The van der Waals surface area contributed by atoms with E-state index < -0.39 is 0 Å². The average molecular weight is 254 g/mol. The summed E-state index contributed by atoms with van der Waals surface area (Å²) in [5.41, 5.74) is 2.47. The van der Waals surface area contributed by atoms with Crippen LogP contribution in [-0.2, 0) is 6.61 Å². The highest BCUT2D eigenvalue weighted by Gasteiger charge is 2.17. The van der Waals surface area contributed by atoms with E-state index in [2.05, 4.69) is 25.1 Å². The molecule has 2 nitrogen and oxygen atoms in total. The van der Waals surface area contributed by atoms with Gasteiger partial charge in [0.2, 0.25) is 0 Å². The number of hydrogen-bond donors (Lipinski definition) is 0. The third-order valence-corrected chi connectivity index (χ3v) is 3.57. The van der Waals surface area contributed by atoms with Gasteiger partial charge in [0.15, 0.2) is 0 Å². The highest BCUT2D eigenvalue weighted by molar-refractivity contribution is 5.43. The lowest BCUT2D eigenvalue weighted by molar-refractivity contribution is 0.265. The quantitative estimate of drug-likeness (QED) is 0.819. The number of rotatable bonds is 3. The van der Waals surface area contributed by atoms with Crippen LogP contribution in [0, 0.1) is 0 Å². The van der Waals surface area contributed by atoms with Crippen molar-refractivity contribution in [3.8, 4) is 11.5 Å². The van der Waals surface area contributed by atoms with Crippen LogP contribution >= 0.6 is 0 Å². The summed E-state index contributed by atoms with van der Waals surface area (Å²) in [6.45, 7) is 3.64. The minimum Gasteiger partial charge on any atom is -0.493 e. The molecule has 19 heavy (non-hydrogen) atoms. The summed E-state index contributed by atoms with van der Waals surface area (Å²) in [6, 6.07) is 16.4. The minimum absolute atomic E-state index is 0.576. The molecule has 1 aliphatic rings. The molecule has 98 valence electrons. The van der Waals surface area contributed by atoms with E-state index in [1.165, 1.54) is 11.1 Å². The first-order valence-electron chi connectivity index (χ1n) is 6.76. The summed E-state index contributed by atoms with van der Waals surface area (Å²) >= 11 is 0. The van der Waals surface area contributed by atoms with E-state index in [4.69, 9.17) is 9.47 Å². The first kappa shape index (κ1) is 12.1. The third kappa shape index (κ3) is 2.73. The van der Waals surface area contributed by atoms with Crippen LogP contribution in [0.25, 0.3) is 0 Å². The van der Waals surface area contributed by atoms with Crippen molar-refractivity contribution < 1.29 is 9.47 Å². The number of ether oxygens (including phenoxy) is 2. The fraction of sp³-hybridized carbons (Fsp3) is 0.294. The first-order valence-corrected chi connectivity index (χ1v) is 6.76. The Kier molecular flexibility index (Phi) is 3.41.